The molecule has 0 heterocycles. The minimum Gasteiger partial charge on any atom is -0.478 e. The third-order valence-corrected chi connectivity index (χ3v) is 1.66. The van der Waals surface area contributed by atoms with E-state index in [2.05, 4.69) is 5.32 Å². The van der Waals surface area contributed by atoms with Crippen LogP contribution in [-0.2, 0) is 9.59 Å². The molecule has 0 spiro atoms. The number of carbonyl (C=O) groups is 2. The summed E-state index contributed by atoms with van der Waals surface area (Å²) < 4.78 is 0. The number of hydrogen-bond acceptors (Lipinski definition) is 2. The van der Waals surface area contributed by atoms with E-state index in [4.69, 9.17) is 5.11 Å². The monoisotopic (exact) mass is 205 g/mol. The number of aliphatic carboxylic acids is 1. The summed E-state index contributed by atoms with van der Waals surface area (Å²) in [6.45, 7) is 1.91. The highest BCUT2D eigenvalue weighted by Crippen LogP contribution is 2.09. The number of nitrogens with one attached hydrogen (secondary N) is 1. The maximum atomic E-state index is 11.2. The SMILES string of the molecule is Cc1cccc(NC(=O)C=CC(=O)O)c1. The van der Waals surface area contributed by atoms with Crippen LogP contribution in [0.2, 0.25) is 0 Å². The first-order chi connectivity index (χ1) is 7.08. The Morgan fingerprint density at radius 1 is 1.33 bits per heavy atom. The van der Waals surface area contributed by atoms with Crippen LogP contribution in [0.3, 0.4) is 0 Å². The number of carboxylic acids is 1. The molecule has 78 valence electrons. The lowest BCUT2D eigenvalue weighted by Gasteiger charge is -2.02. The Labute approximate surface area is 87.2 Å². The summed E-state index contributed by atoms with van der Waals surface area (Å²) in [6.07, 6.45) is 1.77. The van der Waals surface area contributed by atoms with Gasteiger partial charge in [-0.05, 0) is 24.6 Å². The van der Waals surface area contributed by atoms with Gasteiger partial charge in [0, 0.05) is 17.8 Å². The van der Waals surface area contributed by atoms with E-state index in [9.17, 15) is 9.59 Å². The van der Waals surface area contributed by atoms with E-state index in [0.29, 0.717) is 5.69 Å². The van der Waals surface area contributed by atoms with Gasteiger partial charge in [-0.25, -0.2) is 4.79 Å². The largest absolute Gasteiger partial charge is 0.478 e. The van der Waals surface area contributed by atoms with Crippen LogP contribution in [0.15, 0.2) is 36.4 Å². The second-order valence-electron chi connectivity index (χ2n) is 3.03. The number of anilines is 1. The van der Waals surface area contributed by atoms with Crippen LogP contribution in [0.1, 0.15) is 5.56 Å². The van der Waals surface area contributed by atoms with Gasteiger partial charge in [0.25, 0.3) is 0 Å². The quantitative estimate of drug-likeness (QED) is 0.736. The summed E-state index contributed by atoms with van der Waals surface area (Å²) in [5.41, 5.74) is 1.67. The summed E-state index contributed by atoms with van der Waals surface area (Å²) >= 11 is 0. The van der Waals surface area contributed by atoms with Crippen molar-refractivity contribution in [3.05, 3.63) is 42.0 Å². The molecule has 0 radical (unpaired) electrons. The molecule has 0 aromatic heterocycles. The number of amides is 1. The van der Waals surface area contributed by atoms with Gasteiger partial charge in [0.1, 0.15) is 0 Å². The third kappa shape index (κ3) is 4.08. The van der Waals surface area contributed by atoms with E-state index >= 15 is 0 Å². The fourth-order valence-corrected chi connectivity index (χ4v) is 1.05. The molecule has 15 heavy (non-hydrogen) atoms. The summed E-state index contributed by atoms with van der Waals surface area (Å²) in [4.78, 5) is 21.3. The lowest BCUT2D eigenvalue weighted by atomic mass is 10.2. The first-order valence-corrected chi connectivity index (χ1v) is 4.36. The Morgan fingerprint density at radius 2 is 2.07 bits per heavy atom. The number of hydrogen-bond donors (Lipinski definition) is 2. The summed E-state index contributed by atoms with van der Waals surface area (Å²) in [5, 5.41) is 10.9. The Balaban J connectivity index is 2.63. The van der Waals surface area contributed by atoms with Gasteiger partial charge < -0.3 is 10.4 Å². The van der Waals surface area contributed by atoms with E-state index in [1.54, 1.807) is 12.1 Å². The highest BCUT2D eigenvalue weighted by atomic mass is 16.4. The van der Waals surface area contributed by atoms with Gasteiger partial charge >= 0.3 is 5.97 Å². The van der Waals surface area contributed by atoms with Crippen molar-refractivity contribution in [2.75, 3.05) is 5.32 Å². The van der Waals surface area contributed by atoms with Gasteiger partial charge in [-0.1, -0.05) is 12.1 Å². The number of benzene rings is 1. The summed E-state index contributed by atoms with van der Waals surface area (Å²) in [5.74, 6) is -1.60. The molecule has 1 rings (SSSR count). The van der Waals surface area contributed by atoms with Gasteiger partial charge in [0.2, 0.25) is 5.91 Å². The molecule has 1 amide bonds. The molecular weight excluding hydrogens is 194 g/mol. The lowest BCUT2D eigenvalue weighted by Crippen LogP contribution is -2.08. The van der Waals surface area contributed by atoms with E-state index in [-0.39, 0.29) is 0 Å². The number of rotatable bonds is 3. The zero-order valence-electron chi connectivity index (χ0n) is 8.23. The molecule has 0 atom stereocenters. The van der Waals surface area contributed by atoms with E-state index in [0.717, 1.165) is 17.7 Å². The number of carbonyl (C=O) groups excluding carboxylic acids is 1. The van der Waals surface area contributed by atoms with Gasteiger partial charge in [-0.15, -0.1) is 0 Å². The molecule has 0 aliphatic heterocycles. The van der Waals surface area contributed by atoms with Crippen molar-refractivity contribution >= 4 is 17.6 Å². The Bertz CT molecular complexity index is 410. The van der Waals surface area contributed by atoms with Crippen molar-refractivity contribution in [1.82, 2.24) is 0 Å². The molecule has 0 saturated heterocycles. The summed E-state index contributed by atoms with van der Waals surface area (Å²) in [7, 11) is 0. The summed E-state index contributed by atoms with van der Waals surface area (Å²) in [6, 6.07) is 7.25. The second-order valence-corrected chi connectivity index (χ2v) is 3.03. The van der Waals surface area contributed by atoms with Crippen LogP contribution in [0, 0.1) is 6.92 Å². The number of carboxylic acid groups (broad SMARTS) is 1. The van der Waals surface area contributed by atoms with Gasteiger partial charge in [0.05, 0.1) is 0 Å². The van der Waals surface area contributed by atoms with E-state index in [1.807, 2.05) is 19.1 Å². The van der Waals surface area contributed by atoms with Crippen molar-refractivity contribution < 1.29 is 14.7 Å². The Morgan fingerprint density at radius 3 is 2.67 bits per heavy atom. The molecule has 4 nitrogen and oxygen atoms in total. The molecule has 0 saturated carbocycles. The van der Waals surface area contributed by atoms with Crippen LogP contribution >= 0.6 is 0 Å². The molecule has 2 N–H and O–H groups in total. The lowest BCUT2D eigenvalue weighted by molar-refractivity contribution is -0.131. The molecule has 0 aliphatic carbocycles. The normalized spacial score (nSPS) is 10.2. The average molecular weight is 205 g/mol. The van der Waals surface area contributed by atoms with Crippen LogP contribution < -0.4 is 5.32 Å². The molecule has 1 aromatic carbocycles. The first kappa shape index (κ1) is 11.0. The molecule has 4 heteroatoms. The Kier molecular flexibility index (Phi) is 3.62. The smallest absolute Gasteiger partial charge is 0.328 e. The van der Waals surface area contributed by atoms with Crippen molar-refractivity contribution in [2.24, 2.45) is 0 Å². The molecule has 0 bridgehead atoms. The van der Waals surface area contributed by atoms with Gasteiger partial charge in [-0.2, -0.15) is 0 Å². The predicted octanol–water partition coefficient (Wildman–Crippen LogP) is 1.57. The van der Waals surface area contributed by atoms with Gasteiger partial charge in [-0.3, -0.25) is 4.79 Å². The molecule has 0 fully saturated rings. The zero-order valence-corrected chi connectivity index (χ0v) is 8.23. The second kappa shape index (κ2) is 4.95. The topological polar surface area (TPSA) is 66.4 Å². The molecule has 0 unspecified atom stereocenters. The minimum absolute atomic E-state index is 0.456. The third-order valence-electron chi connectivity index (χ3n) is 1.66. The number of aryl methyl sites for hydroxylation is 1. The molecule has 1 aromatic rings. The maximum Gasteiger partial charge on any atom is 0.328 e. The van der Waals surface area contributed by atoms with Gasteiger partial charge in [0.15, 0.2) is 0 Å². The standard InChI is InChI=1S/C11H11NO3/c1-8-3-2-4-9(7-8)12-10(13)5-6-11(14)15/h2-7H,1H3,(H,12,13)(H,14,15). The highest BCUT2D eigenvalue weighted by molar-refractivity contribution is 6.02. The van der Waals surface area contributed by atoms with Crippen molar-refractivity contribution in [2.45, 2.75) is 6.92 Å². The Hall–Kier alpha value is -2.10. The van der Waals surface area contributed by atoms with Crippen molar-refractivity contribution in [3.8, 4) is 0 Å². The fourth-order valence-electron chi connectivity index (χ4n) is 1.05. The van der Waals surface area contributed by atoms with Crippen LogP contribution in [-0.4, -0.2) is 17.0 Å². The van der Waals surface area contributed by atoms with E-state index < -0.39 is 11.9 Å². The van der Waals surface area contributed by atoms with E-state index in [1.165, 1.54) is 0 Å². The zero-order chi connectivity index (χ0) is 11.3. The van der Waals surface area contributed by atoms with Crippen LogP contribution in [0.5, 0.6) is 0 Å². The van der Waals surface area contributed by atoms with Crippen molar-refractivity contribution in [1.29, 1.82) is 0 Å². The fraction of sp³-hybridized carbons (Fsp3) is 0.0909. The first-order valence-electron chi connectivity index (χ1n) is 4.36. The predicted molar refractivity (Wildman–Crippen MR) is 56.6 cm³/mol. The minimum atomic E-state index is -1.14. The van der Waals surface area contributed by atoms with Crippen LogP contribution in [0.4, 0.5) is 5.69 Å². The molecule has 0 aliphatic rings. The maximum absolute atomic E-state index is 11.2. The molecular formula is C11H11NO3. The van der Waals surface area contributed by atoms with Crippen LogP contribution in [0.25, 0.3) is 0 Å². The van der Waals surface area contributed by atoms with Crippen molar-refractivity contribution in [3.63, 3.8) is 0 Å². The highest BCUT2D eigenvalue weighted by Gasteiger charge is 1.98. The average Bonchev–Trinajstić information content (AvgIpc) is 2.15.